The number of nitrogens with zero attached hydrogens (tertiary/aromatic N) is 1. The van der Waals surface area contributed by atoms with E-state index in [2.05, 4.69) is 9.69 Å². The summed E-state index contributed by atoms with van der Waals surface area (Å²) in [4.78, 5) is 0. The topological polar surface area (TPSA) is 24.9 Å². The zero-order valence-corrected chi connectivity index (χ0v) is 8.40. The molecule has 2 rings (SSSR count). The van der Waals surface area contributed by atoms with Crippen molar-refractivity contribution in [3.63, 3.8) is 0 Å². The highest BCUT2D eigenvalue weighted by Crippen LogP contribution is 2.32. The summed E-state index contributed by atoms with van der Waals surface area (Å²) >= 11 is 1.31. The minimum Gasteiger partial charge on any atom is -0.311 e. The van der Waals surface area contributed by atoms with Gasteiger partial charge in [0, 0.05) is 11.4 Å². The van der Waals surface area contributed by atoms with Crippen LogP contribution in [0.1, 0.15) is 25.5 Å². The molecule has 2 atom stereocenters. The quantitative estimate of drug-likeness (QED) is 0.790. The van der Waals surface area contributed by atoms with Crippen LogP contribution in [0, 0.1) is 0 Å². The van der Waals surface area contributed by atoms with Crippen LogP contribution in [0.5, 0.6) is 0 Å². The Labute approximate surface area is 81.3 Å². The third-order valence-electron chi connectivity index (χ3n) is 2.65. The van der Waals surface area contributed by atoms with Crippen LogP contribution < -0.4 is 5.32 Å². The highest BCUT2D eigenvalue weighted by atomic mass is 32.1. The van der Waals surface area contributed by atoms with E-state index in [9.17, 15) is 4.39 Å². The van der Waals surface area contributed by atoms with Gasteiger partial charge in [0.1, 0.15) is 0 Å². The molecule has 1 fully saturated rings. The third kappa shape index (κ3) is 1.60. The number of nitrogens with one attached hydrogen (secondary N) is 1. The fourth-order valence-corrected chi connectivity index (χ4v) is 2.39. The Morgan fingerprint density at radius 2 is 2.62 bits per heavy atom. The molecule has 1 N–H and O–H groups in total. The maximum atomic E-state index is 14.2. The first-order chi connectivity index (χ1) is 6.21. The molecule has 2 heterocycles. The van der Waals surface area contributed by atoms with Crippen molar-refractivity contribution in [2.75, 3.05) is 6.54 Å². The third-order valence-corrected chi connectivity index (χ3v) is 3.21. The normalized spacial score (nSPS) is 27.4. The summed E-state index contributed by atoms with van der Waals surface area (Å²) in [5.41, 5.74) is -0.742. The minimum absolute atomic E-state index is 0.0606. The maximum Gasteiger partial charge on any atom is 0.166 e. The molecule has 0 saturated carbocycles. The Morgan fingerprint density at radius 3 is 3.15 bits per heavy atom. The molecule has 0 aliphatic carbocycles. The summed E-state index contributed by atoms with van der Waals surface area (Å²) in [7, 11) is 0. The van der Waals surface area contributed by atoms with Crippen molar-refractivity contribution >= 4 is 11.5 Å². The monoisotopic (exact) mass is 200 g/mol. The van der Waals surface area contributed by atoms with Crippen LogP contribution in [0.15, 0.2) is 11.4 Å². The van der Waals surface area contributed by atoms with Gasteiger partial charge in [0.05, 0.1) is 5.69 Å². The second-order valence-electron chi connectivity index (χ2n) is 3.61. The van der Waals surface area contributed by atoms with E-state index in [0.29, 0.717) is 5.69 Å². The number of hydrogen-bond donors (Lipinski definition) is 1. The molecule has 1 aromatic heterocycles. The van der Waals surface area contributed by atoms with E-state index in [1.165, 1.54) is 11.5 Å². The minimum atomic E-state index is -1.31. The van der Waals surface area contributed by atoms with Crippen LogP contribution >= 0.6 is 11.5 Å². The van der Waals surface area contributed by atoms with Gasteiger partial charge in [-0.1, -0.05) is 0 Å². The van der Waals surface area contributed by atoms with Crippen LogP contribution in [-0.2, 0) is 5.67 Å². The lowest BCUT2D eigenvalue weighted by atomic mass is 9.94. The van der Waals surface area contributed by atoms with Gasteiger partial charge < -0.3 is 5.32 Å². The fourth-order valence-electron chi connectivity index (χ4n) is 1.79. The largest absolute Gasteiger partial charge is 0.311 e. The van der Waals surface area contributed by atoms with Gasteiger partial charge in [-0.3, -0.25) is 0 Å². The first kappa shape index (κ1) is 9.09. The maximum absolute atomic E-state index is 14.2. The first-order valence-corrected chi connectivity index (χ1v) is 5.38. The average molecular weight is 200 g/mol. The van der Waals surface area contributed by atoms with Gasteiger partial charge in [-0.25, -0.2) is 4.39 Å². The van der Waals surface area contributed by atoms with E-state index in [1.54, 1.807) is 13.0 Å². The molecule has 1 aliphatic heterocycles. The molecule has 0 radical (unpaired) electrons. The van der Waals surface area contributed by atoms with E-state index in [-0.39, 0.29) is 6.04 Å². The Morgan fingerprint density at radius 1 is 1.77 bits per heavy atom. The summed E-state index contributed by atoms with van der Waals surface area (Å²) < 4.78 is 18.3. The average Bonchev–Trinajstić information content (AvgIpc) is 2.78. The second-order valence-corrected chi connectivity index (χ2v) is 4.27. The number of alkyl halides is 1. The molecular formula is C9H13FN2S. The molecule has 2 nitrogen and oxygen atoms in total. The van der Waals surface area contributed by atoms with Crippen LogP contribution in [0.2, 0.25) is 0 Å². The smallest absolute Gasteiger partial charge is 0.166 e. The van der Waals surface area contributed by atoms with E-state index >= 15 is 0 Å². The Kier molecular flexibility index (Phi) is 2.34. The molecule has 4 heteroatoms. The van der Waals surface area contributed by atoms with Crippen molar-refractivity contribution in [3.8, 4) is 0 Å². The van der Waals surface area contributed by atoms with Gasteiger partial charge in [-0.2, -0.15) is 4.37 Å². The first-order valence-electron chi connectivity index (χ1n) is 4.54. The number of aromatic nitrogens is 1. The van der Waals surface area contributed by atoms with Crippen molar-refractivity contribution in [3.05, 3.63) is 17.1 Å². The molecule has 1 saturated heterocycles. The zero-order valence-electron chi connectivity index (χ0n) is 7.59. The van der Waals surface area contributed by atoms with Crippen molar-refractivity contribution < 1.29 is 4.39 Å². The van der Waals surface area contributed by atoms with E-state index < -0.39 is 5.67 Å². The van der Waals surface area contributed by atoms with Crippen LogP contribution in [0.4, 0.5) is 4.39 Å². The predicted molar refractivity (Wildman–Crippen MR) is 51.6 cm³/mol. The number of rotatable bonds is 2. The van der Waals surface area contributed by atoms with Gasteiger partial charge in [-0.05, 0) is 43.9 Å². The highest BCUT2D eigenvalue weighted by molar-refractivity contribution is 7.03. The van der Waals surface area contributed by atoms with Crippen molar-refractivity contribution in [1.29, 1.82) is 0 Å². The molecule has 72 valence electrons. The van der Waals surface area contributed by atoms with Crippen molar-refractivity contribution in [1.82, 2.24) is 9.69 Å². The summed E-state index contributed by atoms with van der Waals surface area (Å²) in [5, 5.41) is 5.00. The molecular weight excluding hydrogens is 187 g/mol. The van der Waals surface area contributed by atoms with Crippen LogP contribution in [-0.4, -0.2) is 17.0 Å². The van der Waals surface area contributed by atoms with Gasteiger partial charge >= 0.3 is 0 Å². The van der Waals surface area contributed by atoms with Crippen LogP contribution in [0.25, 0.3) is 0 Å². The summed E-state index contributed by atoms with van der Waals surface area (Å²) in [6, 6.07) is 1.71. The van der Waals surface area contributed by atoms with Crippen molar-refractivity contribution in [2.45, 2.75) is 31.5 Å². The summed E-state index contributed by atoms with van der Waals surface area (Å²) in [5.74, 6) is 0. The Balaban J connectivity index is 2.19. The number of halogens is 1. The van der Waals surface area contributed by atoms with Gasteiger partial charge in [0.15, 0.2) is 5.67 Å². The second kappa shape index (κ2) is 3.35. The van der Waals surface area contributed by atoms with E-state index in [1.807, 2.05) is 5.38 Å². The highest BCUT2D eigenvalue weighted by Gasteiger charge is 2.39. The van der Waals surface area contributed by atoms with E-state index in [4.69, 9.17) is 0 Å². The lowest BCUT2D eigenvalue weighted by Gasteiger charge is -2.25. The van der Waals surface area contributed by atoms with Crippen LogP contribution in [0.3, 0.4) is 0 Å². The van der Waals surface area contributed by atoms with Crippen molar-refractivity contribution in [2.24, 2.45) is 0 Å². The molecule has 0 aromatic carbocycles. The lowest BCUT2D eigenvalue weighted by Crippen LogP contribution is -2.39. The van der Waals surface area contributed by atoms with Gasteiger partial charge in [0.2, 0.25) is 0 Å². The standard InChI is InChI=1S/C9H13FN2S/c1-9(10,7-3-2-5-11-7)8-4-6-13-12-8/h4,6-7,11H,2-3,5H2,1H3. The molecule has 13 heavy (non-hydrogen) atoms. The molecule has 2 unspecified atom stereocenters. The molecule has 0 spiro atoms. The lowest BCUT2D eigenvalue weighted by molar-refractivity contribution is 0.133. The Bertz CT molecular complexity index is 265. The number of hydrogen-bond acceptors (Lipinski definition) is 3. The van der Waals surface area contributed by atoms with E-state index in [0.717, 1.165) is 19.4 Å². The predicted octanol–water partition coefficient (Wildman–Crippen LogP) is 2.08. The van der Waals surface area contributed by atoms with Gasteiger partial charge in [0.25, 0.3) is 0 Å². The zero-order chi connectivity index (χ0) is 9.31. The molecule has 0 amide bonds. The molecule has 1 aromatic rings. The summed E-state index contributed by atoms with van der Waals surface area (Å²) in [6.45, 7) is 2.54. The molecule has 1 aliphatic rings. The van der Waals surface area contributed by atoms with Gasteiger partial charge in [-0.15, -0.1) is 0 Å². The SMILES string of the molecule is CC(F)(c1ccsn1)C1CCCN1. The summed E-state index contributed by atoms with van der Waals surface area (Å²) in [6.07, 6.45) is 1.97. The Hall–Kier alpha value is -0.480. The fraction of sp³-hybridized carbons (Fsp3) is 0.667. The molecule has 0 bridgehead atoms.